The van der Waals surface area contributed by atoms with Crippen molar-refractivity contribution in [2.75, 3.05) is 31.2 Å². The Hall–Kier alpha value is -2.58. The number of anilines is 2. The van der Waals surface area contributed by atoms with Gasteiger partial charge < -0.3 is 15.8 Å². The van der Waals surface area contributed by atoms with Crippen LogP contribution in [0.1, 0.15) is 28.8 Å². The molecule has 0 unspecified atom stereocenters. The van der Waals surface area contributed by atoms with Gasteiger partial charge in [-0.05, 0) is 55.7 Å². The topological polar surface area (TPSA) is 102 Å². The highest BCUT2D eigenvalue weighted by atomic mass is 32.2. The maximum Gasteiger partial charge on any atom is 0.255 e. The van der Waals surface area contributed by atoms with E-state index in [0.717, 1.165) is 18.4 Å². The van der Waals surface area contributed by atoms with Crippen LogP contribution in [0.4, 0.5) is 11.4 Å². The van der Waals surface area contributed by atoms with E-state index in [1.165, 1.54) is 23.5 Å². The van der Waals surface area contributed by atoms with E-state index in [2.05, 4.69) is 5.32 Å². The molecule has 1 aliphatic heterocycles. The smallest absolute Gasteiger partial charge is 0.255 e. The van der Waals surface area contributed by atoms with Crippen LogP contribution in [-0.2, 0) is 10.0 Å². The Bertz CT molecular complexity index is 967. The Labute approximate surface area is 159 Å². The first kappa shape index (κ1) is 19.2. The number of sulfonamides is 1. The summed E-state index contributed by atoms with van der Waals surface area (Å²) in [6, 6.07) is 9.63. The van der Waals surface area contributed by atoms with Crippen LogP contribution in [0.15, 0.2) is 41.3 Å². The van der Waals surface area contributed by atoms with Gasteiger partial charge in [-0.15, -0.1) is 0 Å². The number of nitrogens with one attached hydrogen (secondary N) is 1. The van der Waals surface area contributed by atoms with E-state index in [0.29, 0.717) is 24.5 Å². The summed E-state index contributed by atoms with van der Waals surface area (Å²) in [5, 5.41) is 2.78. The van der Waals surface area contributed by atoms with Gasteiger partial charge in [-0.3, -0.25) is 4.79 Å². The van der Waals surface area contributed by atoms with E-state index in [9.17, 15) is 13.2 Å². The highest BCUT2D eigenvalue weighted by molar-refractivity contribution is 7.89. The Balaban J connectivity index is 1.95. The van der Waals surface area contributed by atoms with Crippen molar-refractivity contribution in [1.29, 1.82) is 0 Å². The van der Waals surface area contributed by atoms with Gasteiger partial charge in [0, 0.05) is 30.0 Å². The quantitative estimate of drug-likeness (QED) is 0.766. The zero-order valence-corrected chi connectivity index (χ0v) is 16.2. The van der Waals surface area contributed by atoms with Crippen LogP contribution in [0.25, 0.3) is 0 Å². The molecule has 0 aliphatic carbocycles. The van der Waals surface area contributed by atoms with Crippen LogP contribution in [0, 0.1) is 6.92 Å². The molecule has 0 bridgehead atoms. The maximum atomic E-state index is 12.9. The van der Waals surface area contributed by atoms with E-state index >= 15 is 0 Å². The molecule has 3 N–H and O–H groups in total. The Morgan fingerprint density at radius 3 is 2.52 bits per heavy atom. The summed E-state index contributed by atoms with van der Waals surface area (Å²) < 4.78 is 32.5. The summed E-state index contributed by atoms with van der Waals surface area (Å²) in [4.78, 5) is 12.7. The second-order valence-electron chi connectivity index (χ2n) is 6.51. The number of methoxy groups -OCH3 is 1. The number of nitrogens with zero attached hydrogens (tertiary/aromatic N) is 1. The lowest BCUT2D eigenvalue weighted by atomic mass is 10.1. The van der Waals surface area contributed by atoms with Crippen molar-refractivity contribution in [3.05, 3.63) is 47.5 Å². The Kier molecular flexibility index (Phi) is 5.38. The van der Waals surface area contributed by atoms with Crippen molar-refractivity contribution in [2.24, 2.45) is 0 Å². The minimum Gasteiger partial charge on any atom is -0.495 e. The van der Waals surface area contributed by atoms with Crippen molar-refractivity contribution in [2.45, 2.75) is 24.7 Å². The molecule has 0 aromatic heterocycles. The van der Waals surface area contributed by atoms with Crippen molar-refractivity contribution < 1.29 is 17.9 Å². The number of hydrogen-bond donors (Lipinski definition) is 2. The van der Waals surface area contributed by atoms with Crippen molar-refractivity contribution in [1.82, 2.24) is 4.31 Å². The molecule has 1 aliphatic rings. The standard InChI is InChI=1S/C19H23N3O4S/c1-13-5-7-15(20)12-16(13)21-19(23)14-6-8-17(26-2)18(11-14)27(24,25)22-9-3-4-10-22/h5-8,11-12H,3-4,9-10,20H2,1-2H3,(H,21,23). The fourth-order valence-corrected chi connectivity index (χ4v) is 4.75. The van der Waals surface area contributed by atoms with Gasteiger partial charge in [0.15, 0.2) is 0 Å². The molecular weight excluding hydrogens is 366 g/mol. The van der Waals surface area contributed by atoms with Crippen molar-refractivity contribution in [3.8, 4) is 5.75 Å². The predicted molar refractivity (Wildman–Crippen MR) is 105 cm³/mol. The second-order valence-corrected chi connectivity index (χ2v) is 8.41. The van der Waals surface area contributed by atoms with Crippen LogP contribution in [0.3, 0.4) is 0 Å². The number of nitrogens with two attached hydrogens (primary N) is 1. The molecule has 3 rings (SSSR count). The van der Waals surface area contributed by atoms with Crippen LogP contribution in [0.2, 0.25) is 0 Å². The third kappa shape index (κ3) is 3.91. The third-order valence-electron chi connectivity index (χ3n) is 4.62. The van der Waals surface area contributed by atoms with E-state index in [1.54, 1.807) is 18.2 Å². The predicted octanol–water partition coefficient (Wildman–Crippen LogP) is 2.62. The number of carbonyl (C=O) groups is 1. The zero-order valence-electron chi connectivity index (χ0n) is 15.4. The largest absolute Gasteiger partial charge is 0.495 e. The lowest BCUT2D eigenvalue weighted by molar-refractivity contribution is 0.102. The van der Waals surface area contributed by atoms with Gasteiger partial charge >= 0.3 is 0 Å². The number of rotatable bonds is 5. The fourth-order valence-electron chi connectivity index (χ4n) is 3.06. The van der Waals surface area contributed by atoms with Crippen molar-refractivity contribution >= 4 is 27.3 Å². The number of benzene rings is 2. The lowest BCUT2D eigenvalue weighted by Gasteiger charge is -2.18. The number of carbonyl (C=O) groups excluding carboxylic acids is 1. The summed E-state index contributed by atoms with van der Waals surface area (Å²) in [5.41, 5.74) is 7.98. The molecular formula is C19H23N3O4S. The average molecular weight is 389 g/mol. The summed E-state index contributed by atoms with van der Waals surface area (Å²) in [6.07, 6.45) is 1.66. The van der Waals surface area contributed by atoms with Gasteiger partial charge in [-0.1, -0.05) is 6.07 Å². The summed E-state index contributed by atoms with van der Waals surface area (Å²) in [5.74, 6) is -0.192. The van der Waals surface area contributed by atoms with Crippen LogP contribution in [0.5, 0.6) is 5.75 Å². The molecule has 0 atom stereocenters. The van der Waals surface area contributed by atoms with Crippen LogP contribution >= 0.6 is 0 Å². The number of nitrogen functional groups attached to an aromatic ring is 1. The first-order chi connectivity index (χ1) is 12.8. The van der Waals surface area contributed by atoms with Gasteiger partial charge in [0.2, 0.25) is 10.0 Å². The van der Waals surface area contributed by atoms with Gasteiger partial charge in [-0.2, -0.15) is 4.31 Å². The third-order valence-corrected chi connectivity index (χ3v) is 6.54. The number of aryl methyl sites for hydroxylation is 1. The molecule has 2 aromatic rings. The monoisotopic (exact) mass is 389 g/mol. The van der Waals surface area contributed by atoms with E-state index in [-0.39, 0.29) is 16.2 Å². The average Bonchev–Trinajstić information content (AvgIpc) is 3.19. The summed E-state index contributed by atoms with van der Waals surface area (Å²) in [7, 11) is -2.31. The zero-order chi connectivity index (χ0) is 19.6. The first-order valence-electron chi connectivity index (χ1n) is 8.68. The molecule has 144 valence electrons. The molecule has 1 fully saturated rings. The number of hydrogen-bond acceptors (Lipinski definition) is 5. The summed E-state index contributed by atoms with van der Waals surface area (Å²) in [6.45, 7) is 2.81. The Morgan fingerprint density at radius 1 is 1.15 bits per heavy atom. The second kappa shape index (κ2) is 7.58. The SMILES string of the molecule is COc1ccc(C(=O)Nc2cc(N)ccc2C)cc1S(=O)(=O)N1CCCC1. The van der Waals surface area contributed by atoms with Crippen LogP contribution < -0.4 is 15.8 Å². The van der Waals surface area contributed by atoms with Crippen molar-refractivity contribution in [3.63, 3.8) is 0 Å². The molecule has 1 heterocycles. The minimum absolute atomic E-state index is 0.00356. The van der Waals surface area contributed by atoms with Gasteiger partial charge in [-0.25, -0.2) is 8.42 Å². The first-order valence-corrected chi connectivity index (χ1v) is 10.1. The normalized spacial score (nSPS) is 14.9. The minimum atomic E-state index is -3.72. The highest BCUT2D eigenvalue weighted by Crippen LogP contribution is 2.30. The number of ether oxygens (including phenoxy) is 1. The molecule has 0 saturated carbocycles. The van der Waals surface area contributed by atoms with Gasteiger partial charge in [0.25, 0.3) is 5.91 Å². The Morgan fingerprint density at radius 2 is 1.85 bits per heavy atom. The van der Waals surface area contributed by atoms with Crippen LogP contribution in [-0.4, -0.2) is 38.8 Å². The van der Waals surface area contributed by atoms with Gasteiger partial charge in [0.1, 0.15) is 10.6 Å². The molecule has 1 amide bonds. The summed E-state index contributed by atoms with van der Waals surface area (Å²) >= 11 is 0. The van der Waals surface area contributed by atoms with E-state index in [1.807, 2.05) is 13.0 Å². The lowest BCUT2D eigenvalue weighted by Crippen LogP contribution is -2.28. The highest BCUT2D eigenvalue weighted by Gasteiger charge is 2.30. The number of amides is 1. The maximum absolute atomic E-state index is 12.9. The molecule has 27 heavy (non-hydrogen) atoms. The van der Waals surface area contributed by atoms with E-state index in [4.69, 9.17) is 10.5 Å². The molecule has 7 nitrogen and oxygen atoms in total. The van der Waals surface area contributed by atoms with E-state index < -0.39 is 15.9 Å². The molecule has 0 spiro atoms. The van der Waals surface area contributed by atoms with Gasteiger partial charge in [0.05, 0.1) is 7.11 Å². The molecule has 1 saturated heterocycles. The molecule has 0 radical (unpaired) electrons. The molecule has 8 heteroatoms. The fraction of sp³-hybridized carbons (Fsp3) is 0.316. The molecule has 2 aromatic carbocycles.